The number of carboxylic acid groups (broad SMARTS) is 1. The fraction of sp³-hybridized carbons (Fsp3) is 0.154. The Morgan fingerprint density at radius 2 is 1.95 bits per heavy atom. The number of aromatic carboxylic acids is 1. The number of hydrogen-bond donors (Lipinski definition) is 1. The van der Waals surface area contributed by atoms with Crippen LogP contribution in [0.1, 0.15) is 16.1 Å². The van der Waals surface area contributed by atoms with E-state index in [4.69, 9.17) is 14.4 Å². The number of rotatable bonds is 3. The molecule has 0 fully saturated rings. The Labute approximate surface area is 108 Å². The van der Waals surface area contributed by atoms with Crippen LogP contribution in [0.2, 0.25) is 0 Å². The standard InChI is InChI=1S/C13H10N2O4/c16-13(17)10-7-11(19-15-10)8-1-3-9(4-2-8)12-14-5-6-18-12/h1-4,7H,5-6H2,(H,16,17). The van der Waals surface area contributed by atoms with Crippen molar-refractivity contribution < 1.29 is 19.2 Å². The van der Waals surface area contributed by atoms with Crippen molar-refractivity contribution in [3.05, 3.63) is 41.6 Å². The van der Waals surface area contributed by atoms with Crippen LogP contribution in [0.5, 0.6) is 0 Å². The van der Waals surface area contributed by atoms with E-state index in [0.717, 1.165) is 11.1 Å². The molecule has 0 aliphatic carbocycles. The summed E-state index contributed by atoms with van der Waals surface area (Å²) in [6.07, 6.45) is 0. The van der Waals surface area contributed by atoms with Crippen LogP contribution >= 0.6 is 0 Å². The van der Waals surface area contributed by atoms with Crippen LogP contribution < -0.4 is 0 Å². The largest absolute Gasteiger partial charge is 0.476 e. The van der Waals surface area contributed by atoms with E-state index in [9.17, 15) is 4.79 Å². The highest BCUT2D eigenvalue weighted by atomic mass is 16.5. The van der Waals surface area contributed by atoms with E-state index in [0.29, 0.717) is 24.8 Å². The molecule has 6 heteroatoms. The van der Waals surface area contributed by atoms with Gasteiger partial charge in [0.2, 0.25) is 5.90 Å². The summed E-state index contributed by atoms with van der Waals surface area (Å²) in [7, 11) is 0. The molecule has 1 N–H and O–H groups in total. The van der Waals surface area contributed by atoms with Crippen LogP contribution in [0.25, 0.3) is 11.3 Å². The second kappa shape index (κ2) is 4.56. The maximum absolute atomic E-state index is 10.7. The van der Waals surface area contributed by atoms with Crippen molar-refractivity contribution in [1.29, 1.82) is 0 Å². The summed E-state index contributed by atoms with van der Waals surface area (Å²) >= 11 is 0. The lowest BCUT2D eigenvalue weighted by molar-refractivity contribution is 0.0686. The average Bonchev–Trinajstić information content (AvgIpc) is 3.11. The summed E-state index contributed by atoms with van der Waals surface area (Å²) < 4.78 is 10.3. The Morgan fingerprint density at radius 1 is 1.21 bits per heavy atom. The highest BCUT2D eigenvalue weighted by molar-refractivity contribution is 5.95. The third-order valence-electron chi connectivity index (χ3n) is 2.73. The molecular formula is C13H10N2O4. The van der Waals surface area contributed by atoms with E-state index >= 15 is 0 Å². The molecule has 0 unspecified atom stereocenters. The maximum atomic E-state index is 10.7. The van der Waals surface area contributed by atoms with Gasteiger partial charge in [-0.1, -0.05) is 17.3 Å². The Balaban J connectivity index is 1.87. The van der Waals surface area contributed by atoms with Gasteiger partial charge in [0, 0.05) is 17.2 Å². The first kappa shape index (κ1) is 11.5. The first-order chi connectivity index (χ1) is 9.24. The van der Waals surface area contributed by atoms with E-state index in [-0.39, 0.29) is 5.69 Å². The summed E-state index contributed by atoms with van der Waals surface area (Å²) in [4.78, 5) is 14.9. The van der Waals surface area contributed by atoms with Gasteiger partial charge >= 0.3 is 5.97 Å². The molecule has 1 aliphatic heterocycles. The number of ether oxygens (including phenoxy) is 1. The van der Waals surface area contributed by atoms with E-state index in [2.05, 4.69) is 10.1 Å². The number of benzene rings is 1. The summed E-state index contributed by atoms with van der Waals surface area (Å²) in [6, 6.07) is 8.71. The van der Waals surface area contributed by atoms with Gasteiger partial charge < -0.3 is 14.4 Å². The zero-order valence-corrected chi connectivity index (χ0v) is 9.87. The number of nitrogens with zero attached hydrogens (tertiary/aromatic N) is 2. The van der Waals surface area contributed by atoms with Gasteiger partial charge in [0.1, 0.15) is 6.61 Å². The minimum Gasteiger partial charge on any atom is -0.476 e. The maximum Gasteiger partial charge on any atom is 0.358 e. The quantitative estimate of drug-likeness (QED) is 0.907. The molecule has 2 heterocycles. The molecule has 1 aliphatic rings. The molecule has 0 saturated carbocycles. The average molecular weight is 258 g/mol. The van der Waals surface area contributed by atoms with Crippen LogP contribution in [0.4, 0.5) is 0 Å². The molecule has 2 aromatic rings. The smallest absolute Gasteiger partial charge is 0.358 e. The molecule has 3 rings (SSSR count). The lowest BCUT2D eigenvalue weighted by atomic mass is 10.1. The van der Waals surface area contributed by atoms with E-state index in [1.807, 2.05) is 24.3 Å². The van der Waals surface area contributed by atoms with Crippen LogP contribution in [0.15, 0.2) is 39.8 Å². The zero-order chi connectivity index (χ0) is 13.2. The van der Waals surface area contributed by atoms with Crippen molar-refractivity contribution in [3.63, 3.8) is 0 Å². The fourth-order valence-corrected chi connectivity index (χ4v) is 1.80. The van der Waals surface area contributed by atoms with Crippen LogP contribution in [0.3, 0.4) is 0 Å². The number of carbonyl (C=O) groups is 1. The Kier molecular flexibility index (Phi) is 2.75. The minimum atomic E-state index is -1.11. The van der Waals surface area contributed by atoms with E-state index < -0.39 is 5.97 Å². The zero-order valence-electron chi connectivity index (χ0n) is 9.87. The predicted octanol–water partition coefficient (Wildman–Crippen LogP) is 1.82. The molecule has 6 nitrogen and oxygen atoms in total. The minimum absolute atomic E-state index is 0.109. The molecule has 19 heavy (non-hydrogen) atoms. The van der Waals surface area contributed by atoms with Crippen molar-refractivity contribution >= 4 is 11.9 Å². The van der Waals surface area contributed by atoms with Crippen molar-refractivity contribution in [2.75, 3.05) is 13.2 Å². The predicted molar refractivity (Wildman–Crippen MR) is 66.3 cm³/mol. The normalized spacial score (nSPS) is 14.0. The van der Waals surface area contributed by atoms with Crippen molar-refractivity contribution in [3.8, 4) is 11.3 Å². The van der Waals surface area contributed by atoms with Gasteiger partial charge in [-0.3, -0.25) is 0 Å². The topological polar surface area (TPSA) is 84.9 Å². The van der Waals surface area contributed by atoms with Gasteiger partial charge in [-0.25, -0.2) is 9.79 Å². The third-order valence-corrected chi connectivity index (χ3v) is 2.73. The van der Waals surface area contributed by atoms with Crippen molar-refractivity contribution in [2.24, 2.45) is 4.99 Å². The molecule has 0 spiro atoms. The number of aromatic nitrogens is 1. The van der Waals surface area contributed by atoms with Crippen molar-refractivity contribution in [2.45, 2.75) is 0 Å². The summed E-state index contributed by atoms with van der Waals surface area (Å²) in [5.41, 5.74) is 1.53. The fourth-order valence-electron chi connectivity index (χ4n) is 1.80. The first-order valence-corrected chi connectivity index (χ1v) is 5.72. The highest BCUT2D eigenvalue weighted by Crippen LogP contribution is 2.21. The second-order valence-corrected chi connectivity index (χ2v) is 3.99. The monoisotopic (exact) mass is 258 g/mol. The van der Waals surface area contributed by atoms with Gasteiger partial charge in [-0.2, -0.15) is 0 Å². The van der Waals surface area contributed by atoms with E-state index in [1.165, 1.54) is 6.07 Å². The van der Waals surface area contributed by atoms with Gasteiger partial charge in [0.05, 0.1) is 6.54 Å². The Hall–Kier alpha value is -2.63. The third kappa shape index (κ3) is 2.20. The lowest BCUT2D eigenvalue weighted by Gasteiger charge is -2.02. The second-order valence-electron chi connectivity index (χ2n) is 3.99. The van der Waals surface area contributed by atoms with E-state index in [1.54, 1.807) is 0 Å². The molecule has 0 atom stereocenters. The summed E-state index contributed by atoms with van der Waals surface area (Å²) in [5.74, 6) is -0.0612. The first-order valence-electron chi connectivity index (χ1n) is 5.72. The molecule has 0 bridgehead atoms. The van der Waals surface area contributed by atoms with Crippen LogP contribution in [-0.2, 0) is 4.74 Å². The Bertz CT molecular complexity index is 643. The Morgan fingerprint density at radius 3 is 2.53 bits per heavy atom. The molecule has 0 saturated heterocycles. The number of aliphatic imine (C=N–C) groups is 1. The highest BCUT2D eigenvalue weighted by Gasteiger charge is 2.13. The molecular weight excluding hydrogens is 248 g/mol. The number of carboxylic acids is 1. The molecule has 1 aromatic heterocycles. The molecule has 1 aromatic carbocycles. The van der Waals surface area contributed by atoms with Gasteiger partial charge in [0.15, 0.2) is 11.5 Å². The van der Waals surface area contributed by atoms with Crippen LogP contribution in [0, 0.1) is 0 Å². The SMILES string of the molecule is O=C(O)c1cc(-c2ccc(C3=NCCO3)cc2)on1. The van der Waals surface area contributed by atoms with Crippen LogP contribution in [-0.4, -0.2) is 35.3 Å². The molecule has 96 valence electrons. The molecule has 0 radical (unpaired) electrons. The molecule has 0 amide bonds. The van der Waals surface area contributed by atoms with Crippen molar-refractivity contribution in [1.82, 2.24) is 5.16 Å². The number of hydrogen-bond acceptors (Lipinski definition) is 5. The van der Waals surface area contributed by atoms with Gasteiger partial charge in [-0.05, 0) is 12.1 Å². The van der Waals surface area contributed by atoms with Gasteiger partial charge in [-0.15, -0.1) is 0 Å². The lowest BCUT2D eigenvalue weighted by Crippen LogP contribution is -2.00. The van der Waals surface area contributed by atoms with Gasteiger partial charge in [0.25, 0.3) is 0 Å². The summed E-state index contributed by atoms with van der Waals surface area (Å²) in [6.45, 7) is 1.29. The summed E-state index contributed by atoms with van der Waals surface area (Å²) in [5, 5.41) is 12.2.